The van der Waals surface area contributed by atoms with E-state index in [1.54, 1.807) is 0 Å². The molecule has 3 heterocycles. The number of carbonyl (C=O) groups excluding carboxylic acids is 1. The van der Waals surface area contributed by atoms with Gasteiger partial charge in [0, 0.05) is 30.1 Å². The molecule has 10 nitrogen and oxygen atoms in total. The molecule has 1 aromatic carbocycles. The van der Waals surface area contributed by atoms with Crippen molar-refractivity contribution in [3.8, 4) is 22.8 Å². The maximum Gasteiger partial charge on any atom is 0.263 e. The van der Waals surface area contributed by atoms with Crippen LogP contribution in [-0.2, 0) is 0 Å². The number of aromatic nitrogens is 5. The van der Waals surface area contributed by atoms with Crippen LogP contribution in [0.1, 0.15) is 30.2 Å². The van der Waals surface area contributed by atoms with Gasteiger partial charge < -0.3 is 10.5 Å². The molecule has 3 N–H and O–H groups in total. The predicted octanol–water partition coefficient (Wildman–Crippen LogP) is 4.10. The summed E-state index contributed by atoms with van der Waals surface area (Å²) < 4.78 is 20.4. The van der Waals surface area contributed by atoms with Crippen LogP contribution in [0, 0.1) is 5.82 Å². The molecule has 0 saturated carbocycles. The number of nitrogens with one attached hydrogen (secondary N) is 1. The SMILES string of the molecule is CC(C)n1cc(C(=O)Nc2ncc(Oc3ccnc(N)c3Cl)cn2)c(=O)c(-c2ccc(F)cc2)n1. The van der Waals surface area contributed by atoms with Gasteiger partial charge in [0.15, 0.2) is 11.5 Å². The van der Waals surface area contributed by atoms with Crippen LogP contribution in [0.5, 0.6) is 11.5 Å². The fourth-order valence-corrected chi connectivity index (χ4v) is 3.13. The maximum atomic E-state index is 13.3. The molecule has 3 aromatic heterocycles. The normalized spacial score (nSPS) is 10.9. The minimum atomic E-state index is -0.728. The average Bonchev–Trinajstić information content (AvgIpc) is 2.84. The van der Waals surface area contributed by atoms with E-state index in [2.05, 4.69) is 25.4 Å². The van der Waals surface area contributed by atoms with Gasteiger partial charge in [0.1, 0.15) is 27.9 Å². The number of hydrogen-bond acceptors (Lipinski definition) is 8. The quantitative estimate of drug-likeness (QED) is 0.407. The molecule has 35 heavy (non-hydrogen) atoms. The Morgan fingerprint density at radius 2 is 1.83 bits per heavy atom. The highest BCUT2D eigenvalue weighted by molar-refractivity contribution is 6.34. The Bertz CT molecular complexity index is 1440. The van der Waals surface area contributed by atoms with Crippen molar-refractivity contribution < 1.29 is 13.9 Å². The number of halogens is 2. The van der Waals surface area contributed by atoms with E-state index >= 15 is 0 Å². The number of nitrogen functional groups attached to an aromatic ring is 1. The minimum absolute atomic E-state index is 0.0181. The summed E-state index contributed by atoms with van der Waals surface area (Å²) in [6, 6.07) is 6.66. The molecule has 0 aliphatic carbocycles. The monoisotopic (exact) mass is 495 g/mol. The molecular weight excluding hydrogens is 477 g/mol. The Labute approximate surface area is 203 Å². The highest BCUT2D eigenvalue weighted by Gasteiger charge is 2.19. The first kappa shape index (κ1) is 23.8. The molecule has 0 unspecified atom stereocenters. The fourth-order valence-electron chi connectivity index (χ4n) is 2.98. The molecule has 4 rings (SSSR count). The van der Waals surface area contributed by atoms with Crippen molar-refractivity contribution in [3.63, 3.8) is 0 Å². The van der Waals surface area contributed by atoms with Gasteiger partial charge in [0.2, 0.25) is 11.4 Å². The van der Waals surface area contributed by atoms with Gasteiger partial charge in [-0.1, -0.05) is 11.6 Å². The number of carbonyl (C=O) groups is 1. The lowest BCUT2D eigenvalue weighted by Gasteiger charge is -2.14. The first-order chi connectivity index (χ1) is 16.7. The van der Waals surface area contributed by atoms with Crippen LogP contribution in [0.25, 0.3) is 11.3 Å². The second-order valence-electron chi connectivity index (χ2n) is 7.61. The van der Waals surface area contributed by atoms with Gasteiger partial charge >= 0.3 is 0 Å². The predicted molar refractivity (Wildman–Crippen MR) is 128 cm³/mol. The van der Waals surface area contributed by atoms with Crippen molar-refractivity contribution in [2.45, 2.75) is 19.9 Å². The second kappa shape index (κ2) is 9.85. The zero-order chi connectivity index (χ0) is 25.1. The van der Waals surface area contributed by atoms with Gasteiger partial charge in [-0.05, 0) is 38.1 Å². The van der Waals surface area contributed by atoms with Crippen LogP contribution < -0.4 is 21.2 Å². The molecule has 0 saturated heterocycles. The van der Waals surface area contributed by atoms with Crippen LogP contribution in [0.3, 0.4) is 0 Å². The maximum absolute atomic E-state index is 13.3. The Balaban J connectivity index is 1.59. The summed E-state index contributed by atoms with van der Waals surface area (Å²) in [6.07, 6.45) is 5.42. The van der Waals surface area contributed by atoms with Crippen molar-refractivity contribution in [2.24, 2.45) is 0 Å². The number of hydrogen-bond donors (Lipinski definition) is 2. The lowest BCUT2D eigenvalue weighted by atomic mass is 10.1. The van der Waals surface area contributed by atoms with Gasteiger partial charge in [0.25, 0.3) is 5.91 Å². The molecule has 0 aliphatic rings. The fraction of sp³-hybridized carbons (Fsp3) is 0.130. The number of nitrogens with zero attached hydrogens (tertiary/aromatic N) is 5. The largest absolute Gasteiger partial charge is 0.452 e. The third-order valence-corrected chi connectivity index (χ3v) is 5.17. The van der Waals surface area contributed by atoms with Gasteiger partial charge in [-0.25, -0.2) is 19.3 Å². The summed E-state index contributed by atoms with van der Waals surface area (Å²) in [5, 5.41) is 6.95. The highest BCUT2D eigenvalue weighted by atomic mass is 35.5. The van der Waals surface area contributed by atoms with E-state index in [4.69, 9.17) is 22.1 Å². The Hall–Kier alpha value is -4.38. The number of benzene rings is 1. The zero-order valence-corrected chi connectivity index (χ0v) is 19.3. The van der Waals surface area contributed by atoms with E-state index in [1.807, 2.05) is 13.8 Å². The molecular formula is C23H19ClFN7O3. The Morgan fingerprint density at radius 3 is 2.49 bits per heavy atom. The van der Waals surface area contributed by atoms with E-state index in [0.29, 0.717) is 5.56 Å². The molecule has 0 radical (unpaired) electrons. The number of nitrogens with two attached hydrogens (primary N) is 1. The lowest BCUT2D eigenvalue weighted by Crippen LogP contribution is -2.27. The van der Waals surface area contributed by atoms with Crippen molar-refractivity contribution >= 4 is 29.3 Å². The minimum Gasteiger partial charge on any atom is -0.452 e. The van der Waals surface area contributed by atoms with Gasteiger partial charge in [-0.2, -0.15) is 5.10 Å². The summed E-state index contributed by atoms with van der Waals surface area (Å²) in [5.41, 5.74) is 5.27. The van der Waals surface area contributed by atoms with Gasteiger partial charge in [0.05, 0.1) is 12.4 Å². The number of amides is 1. The molecule has 4 aromatic rings. The Kier molecular flexibility index (Phi) is 6.69. The van der Waals surface area contributed by atoms with Crippen molar-refractivity contribution in [3.05, 3.63) is 81.7 Å². The summed E-state index contributed by atoms with van der Waals surface area (Å²) in [7, 11) is 0. The molecule has 0 fully saturated rings. The first-order valence-electron chi connectivity index (χ1n) is 10.3. The first-order valence-corrected chi connectivity index (χ1v) is 10.7. The van der Waals surface area contributed by atoms with E-state index < -0.39 is 17.2 Å². The van der Waals surface area contributed by atoms with Crippen molar-refractivity contribution in [1.82, 2.24) is 24.7 Å². The van der Waals surface area contributed by atoms with Crippen LogP contribution in [-0.4, -0.2) is 30.6 Å². The third-order valence-electron chi connectivity index (χ3n) is 4.79. The van der Waals surface area contributed by atoms with Gasteiger partial charge in [-0.15, -0.1) is 0 Å². The number of pyridine rings is 1. The van der Waals surface area contributed by atoms with Crippen molar-refractivity contribution in [1.29, 1.82) is 0 Å². The zero-order valence-electron chi connectivity index (χ0n) is 18.6. The van der Waals surface area contributed by atoms with Gasteiger partial charge in [-0.3, -0.25) is 19.6 Å². The van der Waals surface area contributed by atoms with E-state index in [-0.39, 0.29) is 45.6 Å². The van der Waals surface area contributed by atoms with Crippen LogP contribution >= 0.6 is 11.6 Å². The number of ether oxygens (including phenoxy) is 1. The van der Waals surface area contributed by atoms with E-state index in [9.17, 15) is 14.0 Å². The van der Waals surface area contributed by atoms with E-state index in [1.165, 1.54) is 59.8 Å². The van der Waals surface area contributed by atoms with Crippen LogP contribution in [0.15, 0.2) is 59.9 Å². The molecule has 0 spiro atoms. The smallest absolute Gasteiger partial charge is 0.263 e. The topological polar surface area (TPSA) is 138 Å². The summed E-state index contributed by atoms with van der Waals surface area (Å²) in [6.45, 7) is 3.69. The number of anilines is 2. The van der Waals surface area contributed by atoms with Crippen molar-refractivity contribution in [2.75, 3.05) is 11.1 Å². The highest BCUT2D eigenvalue weighted by Crippen LogP contribution is 2.31. The molecule has 12 heteroatoms. The average molecular weight is 496 g/mol. The second-order valence-corrected chi connectivity index (χ2v) is 7.99. The molecule has 1 amide bonds. The Morgan fingerprint density at radius 1 is 1.14 bits per heavy atom. The lowest BCUT2D eigenvalue weighted by molar-refractivity contribution is 0.102. The van der Waals surface area contributed by atoms with Crippen LogP contribution in [0.2, 0.25) is 5.02 Å². The summed E-state index contributed by atoms with van der Waals surface area (Å²) in [5.74, 6) is -0.629. The standard InChI is InChI=1S/C23H19ClFN7O3/c1-12(2)32-11-16(20(33)19(31-32)13-3-5-14(25)6-4-13)22(34)30-23-28-9-15(10-29-23)35-17-7-8-27-21(26)18(17)24/h3-12H,1-2H3,(H2,26,27)(H,28,29,30,34). The summed E-state index contributed by atoms with van der Waals surface area (Å²) in [4.78, 5) is 37.9. The number of rotatable bonds is 6. The summed E-state index contributed by atoms with van der Waals surface area (Å²) >= 11 is 6.06. The molecule has 0 bridgehead atoms. The van der Waals surface area contributed by atoms with Crippen LogP contribution in [0.4, 0.5) is 16.2 Å². The third kappa shape index (κ3) is 5.25. The molecule has 178 valence electrons. The molecule has 0 aliphatic heterocycles. The van der Waals surface area contributed by atoms with E-state index in [0.717, 1.165) is 0 Å². The molecule has 0 atom stereocenters.